The predicted octanol–water partition coefficient (Wildman–Crippen LogP) is 4.03. The summed E-state index contributed by atoms with van der Waals surface area (Å²) >= 11 is 1.55. The summed E-state index contributed by atoms with van der Waals surface area (Å²) in [6.45, 7) is 8.45. The summed E-state index contributed by atoms with van der Waals surface area (Å²) < 4.78 is 12.5. The number of hydrogen-bond acceptors (Lipinski definition) is 6. The van der Waals surface area contributed by atoms with Gasteiger partial charge in [0.25, 0.3) is 0 Å². The van der Waals surface area contributed by atoms with Crippen molar-refractivity contribution in [1.29, 1.82) is 0 Å². The molecule has 1 fully saturated rings. The van der Waals surface area contributed by atoms with Gasteiger partial charge in [0.2, 0.25) is 0 Å². The van der Waals surface area contributed by atoms with Crippen molar-refractivity contribution in [3.8, 4) is 0 Å². The summed E-state index contributed by atoms with van der Waals surface area (Å²) in [6.07, 6.45) is 0. The van der Waals surface area contributed by atoms with Crippen LogP contribution in [0, 0.1) is 0 Å². The largest absolute Gasteiger partial charge is 0.462 e. The van der Waals surface area contributed by atoms with Crippen LogP contribution in [0.15, 0.2) is 41.2 Å². The number of morpholine rings is 1. The Morgan fingerprint density at radius 2 is 1.97 bits per heavy atom. The van der Waals surface area contributed by atoms with E-state index in [-0.39, 0.29) is 18.0 Å². The predicted molar refractivity (Wildman–Crippen MR) is 117 cm³/mol. The minimum Gasteiger partial charge on any atom is -0.462 e. The fourth-order valence-corrected chi connectivity index (χ4v) is 5.03. The highest BCUT2D eigenvalue weighted by Gasteiger charge is 2.21. The topological polar surface area (TPSA) is 55.8 Å². The zero-order valence-electron chi connectivity index (χ0n) is 16.8. The van der Waals surface area contributed by atoms with Crippen molar-refractivity contribution in [2.45, 2.75) is 19.8 Å². The van der Waals surface area contributed by atoms with E-state index in [0.29, 0.717) is 16.3 Å². The first-order valence-corrected chi connectivity index (χ1v) is 10.9. The average molecular weight is 412 g/mol. The lowest BCUT2D eigenvalue weighted by Gasteiger charge is -2.29. The van der Waals surface area contributed by atoms with E-state index in [9.17, 15) is 9.59 Å². The maximum atomic E-state index is 13.2. The average Bonchev–Trinajstić information content (AvgIpc) is 2.74. The Morgan fingerprint density at radius 3 is 2.72 bits per heavy atom. The van der Waals surface area contributed by atoms with Crippen LogP contribution in [-0.4, -0.2) is 50.3 Å². The van der Waals surface area contributed by atoms with E-state index in [0.717, 1.165) is 47.8 Å². The number of rotatable bonds is 5. The first kappa shape index (κ1) is 20.0. The number of carbonyl (C=O) groups excluding carboxylic acids is 1. The summed E-state index contributed by atoms with van der Waals surface area (Å²) in [5.41, 5.74) is 1.32. The van der Waals surface area contributed by atoms with Gasteiger partial charge < -0.3 is 9.47 Å². The van der Waals surface area contributed by atoms with Gasteiger partial charge in [-0.05, 0) is 42.7 Å². The maximum Gasteiger partial charge on any atom is 0.338 e. The maximum absolute atomic E-state index is 13.2. The lowest BCUT2D eigenvalue weighted by Crippen LogP contribution is -2.38. The summed E-state index contributed by atoms with van der Waals surface area (Å²) in [7, 11) is 0. The summed E-state index contributed by atoms with van der Waals surface area (Å²) in [5.74, 6) is -0.211. The Hall–Kier alpha value is -2.28. The quantitative estimate of drug-likeness (QED) is 0.469. The summed E-state index contributed by atoms with van der Waals surface area (Å²) in [6, 6.07) is 11.5. The van der Waals surface area contributed by atoms with Gasteiger partial charge in [0.15, 0.2) is 5.43 Å². The minimum absolute atomic E-state index is 0.107. The van der Waals surface area contributed by atoms with E-state index >= 15 is 0 Å². The second-order valence-electron chi connectivity index (χ2n) is 7.40. The smallest absolute Gasteiger partial charge is 0.338 e. The normalized spacial score (nSPS) is 16.2. The van der Waals surface area contributed by atoms with Crippen molar-refractivity contribution >= 4 is 37.5 Å². The third-order valence-corrected chi connectivity index (χ3v) is 6.52. The summed E-state index contributed by atoms with van der Waals surface area (Å²) in [5, 5.41) is 1.11. The van der Waals surface area contributed by atoms with Crippen LogP contribution in [0.25, 0.3) is 20.2 Å². The van der Waals surface area contributed by atoms with Gasteiger partial charge in [0.05, 0.1) is 30.8 Å². The molecule has 1 unspecified atom stereocenters. The number of nitrogens with zero attached hydrogens (tertiary/aromatic N) is 1. The van der Waals surface area contributed by atoms with Crippen molar-refractivity contribution in [2.24, 2.45) is 0 Å². The van der Waals surface area contributed by atoms with Gasteiger partial charge in [-0.3, -0.25) is 9.69 Å². The molecule has 1 aromatic heterocycles. The van der Waals surface area contributed by atoms with Gasteiger partial charge in [0, 0.05) is 34.4 Å². The second kappa shape index (κ2) is 8.61. The van der Waals surface area contributed by atoms with Gasteiger partial charge in [0.1, 0.15) is 0 Å². The second-order valence-corrected chi connectivity index (χ2v) is 8.49. The molecule has 5 nitrogen and oxygen atoms in total. The standard InChI is InChI=1S/C23H25NO4S/c1-3-28-23(26)18-12-16(15(2)14-24-8-10-27-11-9-24)13-20-21(18)22(25)17-6-4-5-7-19(17)29-20/h4-7,12-13,15H,3,8-11,14H2,1-2H3. The first-order valence-electron chi connectivity index (χ1n) is 10.0. The fraction of sp³-hybridized carbons (Fsp3) is 0.391. The molecule has 0 amide bonds. The highest BCUT2D eigenvalue weighted by atomic mass is 32.1. The van der Waals surface area contributed by atoms with Gasteiger partial charge >= 0.3 is 5.97 Å². The Bertz CT molecular complexity index is 1100. The molecule has 1 aliphatic heterocycles. The molecule has 4 rings (SSSR count). The molecule has 0 saturated carbocycles. The molecule has 29 heavy (non-hydrogen) atoms. The van der Waals surface area contributed by atoms with Crippen LogP contribution in [-0.2, 0) is 9.47 Å². The van der Waals surface area contributed by atoms with Gasteiger partial charge in [-0.2, -0.15) is 0 Å². The molecule has 0 radical (unpaired) electrons. The molecular formula is C23H25NO4S. The molecule has 0 bridgehead atoms. The minimum atomic E-state index is -0.433. The monoisotopic (exact) mass is 411 g/mol. The van der Waals surface area contributed by atoms with Crippen LogP contribution in [0.5, 0.6) is 0 Å². The molecule has 152 valence electrons. The van der Waals surface area contributed by atoms with Crippen molar-refractivity contribution in [2.75, 3.05) is 39.5 Å². The number of esters is 1. The van der Waals surface area contributed by atoms with E-state index in [2.05, 4.69) is 17.9 Å². The van der Waals surface area contributed by atoms with Gasteiger partial charge in [-0.25, -0.2) is 4.79 Å². The number of carbonyl (C=O) groups is 1. The van der Waals surface area contributed by atoms with E-state index < -0.39 is 5.97 Å². The number of fused-ring (bicyclic) bond motifs is 2. The van der Waals surface area contributed by atoms with E-state index in [1.807, 2.05) is 30.3 Å². The Balaban J connectivity index is 1.84. The van der Waals surface area contributed by atoms with Gasteiger partial charge in [-0.15, -0.1) is 11.3 Å². The van der Waals surface area contributed by atoms with Crippen molar-refractivity contribution in [1.82, 2.24) is 4.90 Å². The van der Waals surface area contributed by atoms with Crippen molar-refractivity contribution in [3.05, 3.63) is 57.7 Å². The highest BCUT2D eigenvalue weighted by molar-refractivity contribution is 7.24. The third kappa shape index (κ3) is 4.06. The Labute approximate surface area is 173 Å². The molecule has 2 heterocycles. The molecule has 0 aliphatic carbocycles. The highest BCUT2D eigenvalue weighted by Crippen LogP contribution is 2.31. The number of hydrogen-bond donors (Lipinski definition) is 0. The number of benzene rings is 2. The zero-order chi connectivity index (χ0) is 20.4. The SMILES string of the molecule is CCOC(=O)c1cc(C(C)CN2CCOCC2)cc2sc3ccccc3c(=O)c12. The van der Waals surface area contributed by atoms with Crippen LogP contribution < -0.4 is 5.43 Å². The molecule has 0 spiro atoms. The van der Waals surface area contributed by atoms with Gasteiger partial charge in [-0.1, -0.05) is 19.1 Å². The van der Waals surface area contributed by atoms with Crippen LogP contribution >= 0.6 is 11.3 Å². The van der Waals surface area contributed by atoms with Crippen LogP contribution in [0.1, 0.15) is 35.7 Å². The third-order valence-electron chi connectivity index (χ3n) is 5.40. The molecular weight excluding hydrogens is 386 g/mol. The fourth-order valence-electron chi connectivity index (χ4n) is 3.88. The molecule has 2 aromatic carbocycles. The van der Waals surface area contributed by atoms with Crippen LogP contribution in [0.3, 0.4) is 0 Å². The lowest BCUT2D eigenvalue weighted by molar-refractivity contribution is 0.0357. The number of ether oxygens (including phenoxy) is 2. The van der Waals surface area contributed by atoms with Crippen LogP contribution in [0.2, 0.25) is 0 Å². The van der Waals surface area contributed by atoms with Crippen molar-refractivity contribution < 1.29 is 14.3 Å². The van der Waals surface area contributed by atoms with Crippen LogP contribution in [0.4, 0.5) is 0 Å². The molecule has 3 aromatic rings. The molecule has 6 heteroatoms. The molecule has 1 atom stereocenters. The van der Waals surface area contributed by atoms with E-state index in [1.54, 1.807) is 18.3 Å². The molecule has 0 N–H and O–H groups in total. The molecule has 1 aliphatic rings. The molecule has 1 saturated heterocycles. The summed E-state index contributed by atoms with van der Waals surface area (Å²) in [4.78, 5) is 28.3. The first-order chi connectivity index (χ1) is 14.1. The van der Waals surface area contributed by atoms with E-state index in [1.165, 1.54) is 0 Å². The lowest BCUT2D eigenvalue weighted by atomic mass is 9.96. The van der Waals surface area contributed by atoms with E-state index in [4.69, 9.17) is 9.47 Å². The Morgan fingerprint density at radius 1 is 1.21 bits per heavy atom. The van der Waals surface area contributed by atoms with Crippen molar-refractivity contribution in [3.63, 3.8) is 0 Å². The zero-order valence-corrected chi connectivity index (χ0v) is 17.6. The Kier molecular flexibility index (Phi) is 5.94.